The lowest BCUT2D eigenvalue weighted by Gasteiger charge is -2.13. The first-order valence-corrected chi connectivity index (χ1v) is 8.26. The molecule has 1 unspecified atom stereocenters. The van der Waals surface area contributed by atoms with E-state index in [-0.39, 0.29) is 27.8 Å². The fourth-order valence-electron chi connectivity index (χ4n) is 1.70. The van der Waals surface area contributed by atoms with Crippen LogP contribution in [-0.2, 0) is 14.8 Å². The molecular weight excluding hydrogens is 296 g/mol. The van der Waals surface area contributed by atoms with Gasteiger partial charge in [0.25, 0.3) is 10.0 Å². The van der Waals surface area contributed by atoms with Crippen molar-refractivity contribution in [1.29, 1.82) is 0 Å². The van der Waals surface area contributed by atoms with Crippen molar-refractivity contribution in [2.45, 2.75) is 17.1 Å². The summed E-state index contributed by atoms with van der Waals surface area (Å²) < 4.78 is 28.2. The standard InChI is InChI=1S/C13H14N2O3S2/c1-3-9-15-12(16)10(2)19-13(15)14-20(17,18)11-7-5-4-6-8-11/h3-8,10H,1,9H2,2H3/b14-13-. The molecule has 2 rings (SSSR count). The number of amides is 1. The predicted octanol–water partition coefficient (Wildman–Crippen LogP) is 1.88. The Bertz CT molecular complexity index is 653. The highest BCUT2D eigenvalue weighted by molar-refractivity contribution is 8.16. The van der Waals surface area contributed by atoms with Gasteiger partial charge in [-0.05, 0) is 19.1 Å². The fourth-order valence-corrected chi connectivity index (χ4v) is 3.92. The monoisotopic (exact) mass is 310 g/mol. The Kier molecular flexibility index (Phi) is 4.29. The molecule has 0 saturated carbocycles. The predicted molar refractivity (Wildman–Crippen MR) is 80.0 cm³/mol. The summed E-state index contributed by atoms with van der Waals surface area (Å²) in [7, 11) is -3.80. The molecule has 0 spiro atoms. The minimum absolute atomic E-state index is 0.110. The van der Waals surface area contributed by atoms with Crippen LogP contribution in [0.15, 0.2) is 52.3 Å². The van der Waals surface area contributed by atoms with E-state index in [0.717, 1.165) is 11.8 Å². The summed E-state index contributed by atoms with van der Waals surface area (Å²) in [6.45, 7) is 5.54. The molecule has 7 heteroatoms. The van der Waals surface area contributed by atoms with Crippen LogP contribution in [-0.4, -0.2) is 36.2 Å². The number of sulfonamides is 1. The minimum Gasteiger partial charge on any atom is -0.286 e. The molecule has 106 valence electrons. The van der Waals surface area contributed by atoms with E-state index in [2.05, 4.69) is 11.0 Å². The molecule has 1 heterocycles. The van der Waals surface area contributed by atoms with Crippen LogP contribution in [0.1, 0.15) is 6.92 Å². The van der Waals surface area contributed by atoms with E-state index in [9.17, 15) is 13.2 Å². The summed E-state index contributed by atoms with van der Waals surface area (Å²) in [6.07, 6.45) is 1.54. The molecule has 0 radical (unpaired) electrons. The maximum atomic E-state index is 12.2. The quantitative estimate of drug-likeness (QED) is 0.796. The maximum Gasteiger partial charge on any atom is 0.284 e. The number of thioether (sulfide) groups is 1. The summed E-state index contributed by atoms with van der Waals surface area (Å²) in [4.78, 5) is 13.4. The van der Waals surface area contributed by atoms with Crippen molar-refractivity contribution in [2.75, 3.05) is 6.54 Å². The summed E-state index contributed by atoms with van der Waals surface area (Å²) in [6, 6.07) is 7.94. The van der Waals surface area contributed by atoms with E-state index in [1.165, 1.54) is 17.0 Å². The van der Waals surface area contributed by atoms with Gasteiger partial charge < -0.3 is 0 Å². The largest absolute Gasteiger partial charge is 0.286 e. The highest BCUT2D eigenvalue weighted by Crippen LogP contribution is 2.28. The Labute approximate surface area is 122 Å². The van der Waals surface area contributed by atoms with Crippen LogP contribution in [0.3, 0.4) is 0 Å². The third-order valence-electron chi connectivity index (χ3n) is 2.68. The van der Waals surface area contributed by atoms with Gasteiger partial charge in [-0.2, -0.15) is 8.42 Å². The van der Waals surface area contributed by atoms with E-state index >= 15 is 0 Å². The number of rotatable bonds is 4. The second-order valence-electron chi connectivity index (χ2n) is 4.16. The molecule has 20 heavy (non-hydrogen) atoms. The van der Waals surface area contributed by atoms with Crippen LogP contribution < -0.4 is 0 Å². The molecule has 0 aliphatic carbocycles. The Balaban J connectivity index is 2.39. The molecule has 1 atom stereocenters. The molecule has 5 nitrogen and oxygen atoms in total. The zero-order valence-corrected chi connectivity index (χ0v) is 12.5. The average Bonchev–Trinajstić information content (AvgIpc) is 2.67. The van der Waals surface area contributed by atoms with Crippen molar-refractivity contribution < 1.29 is 13.2 Å². The molecule has 1 fully saturated rings. The lowest BCUT2D eigenvalue weighted by atomic mass is 10.4. The molecule has 1 saturated heterocycles. The van der Waals surface area contributed by atoms with Crippen molar-refractivity contribution in [3.05, 3.63) is 43.0 Å². The summed E-state index contributed by atoms with van der Waals surface area (Å²) >= 11 is 1.14. The summed E-state index contributed by atoms with van der Waals surface area (Å²) in [5.41, 5.74) is 0. The van der Waals surface area contributed by atoms with Crippen molar-refractivity contribution in [2.24, 2.45) is 4.40 Å². The van der Waals surface area contributed by atoms with Crippen molar-refractivity contribution >= 4 is 32.9 Å². The number of carbonyl (C=O) groups is 1. The van der Waals surface area contributed by atoms with Gasteiger partial charge >= 0.3 is 0 Å². The second kappa shape index (κ2) is 5.80. The lowest BCUT2D eigenvalue weighted by Crippen LogP contribution is -2.31. The Morgan fingerprint density at radius 1 is 1.40 bits per heavy atom. The average molecular weight is 310 g/mol. The molecule has 1 aromatic carbocycles. The van der Waals surface area contributed by atoms with Gasteiger partial charge in [0.2, 0.25) is 5.91 Å². The van der Waals surface area contributed by atoms with Gasteiger partial charge in [-0.25, -0.2) is 0 Å². The molecule has 1 amide bonds. The number of hydrogen-bond acceptors (Lipinski definition) is 4. The third kappa shape index (κ3) is 2.94. The van der Waals surface area contributed by atoms with Gasteiger partial charge in [-0.15, -0.1) is 11.0 Å². The SMILES string of the molecule is C=CCN1C(=O)C(C)S/C1=N\S(=O)(=O)c1ccccc1. The summed E-state index contributed by atoms with van der Waals surface area (Å²) in [5, 5.41) is -0.133. The van der Waals surface area contributed by atoms with E-state index in [1.54, 1.807) is 31.2 Å². The van der Waals surface area contributed by atoms with Crippen LogP contribution in [0.25, 0.3) is 0 Å². The van der Waals surface area contributed by atoms with Gasteiger partial charge in [0.1, 0.15) is 0 Å². The van der Waals surface area contributed by atoms with Crippen LogP contribution in [0, 0.1) is 0 Å². The molecular formula is C13H14N2O3S2. The van der Waals surface area contributed by atoms with Crippen LogP contribution in [0.5, 0.6) is 0 Å². The first-order chi connectivity index (χ1) is 9.45. The first-order valence-electron chi connectivity index (χ1n) is 5.94. The van der Waals surface area contributed by atoms with Crippen LogP contribution in [0.4, 0.5) is 0 Å². The highest BCUT2D eigenvalue weighted by Gasteiger charge is 2.35. The number of carbonyl (C=O) groups excluding carboxylic acids is 1. The van der Waals surface area contributed by atoms with Crippen molar-refractivity contribution in [1.82, 2.24) is 4.90 Å². The van der Waals surface area contributed by atoms with Gasteiger partial charge in [0.15, 0.2) is 5.17 Å². The first kappa shape index (κ1) is 14.8. The third-order valence-corrected chi connectivity index (χ3v) is 5.15. The smallest absolute Gasteiger partial charge is 0.284 e. The number of amidine groups is 1. The van der Waals surface area contributed by atoms with Gasteiger partial charge in [-0.3, -0.25) is 9.69 Å². The minimum atomic E-state index is -3.80. The van der Waals surface area contributed by atoms with Gasteiger partial charge in [0, 0.05) is 6.54 Å². The Morgan fingerprint density at radius 2 is 2.05 bits per heavy atom. The van der Waals surface area contributed by atoms with Gasteiger partial charge in [-0.1, -0.05) is 36.0 Å². The van der Waals surface area contributed by atoms with Crippen LogP contribution >= 0.6 is 11.8 Å². The van der Waals surface area contributed by atoms with Crippen molar-refractivity contribution in [3.8, 4) is 0 Å². The maximum absolute atomic E-state index is 12.2. The van der Waals surface area contributed by atoms with E-state index in [1.807, 2.05) is 0 Å². The number of hydrogen-bond donors (Lipinski definition) is 0. The van der Waals surface area contributed by atoms with E-state index < -0.39 is 10.0 Å². The topological polar surface area (TPSA) is 66.8 Å². The zero-order valence-electron chi connectivity index (χ0n) is 10.9. The molecule has 0 aromatic heterocycles. The van der Waals surface area contributed by atoms with Gasteiger partial charge in [0.05, 0.1) is 10.1 Å². The molecule has 1 aromatic rings. The zero-order chi connectivity index (χ0) is 14.8. The van der Waals surface area contributed by atoms with E-state index in [4.69, 9.17) is 0 Å². The molecule has 1 aliphatic rings. The number of benzene rings is 1. The Hall–Kier alpha value is -1.60. The van der Waals surface area contributed by atoms with Crippen molar-refractivity contribution in [3.63, 3.8) is 0 Å². The summed E-state index contributed by atoms with van der Waals surface area (Å²) in [5.74, 6) is -0.156. The number of nitrogens with zero attached hydrogens (tertiary/aromatic N) is 2. The van der Waals surface area contributed by atoms with Crippen LogP contribution in [0.2, 0.25) is 0 Å². The fraction of sp³-hybridized carbons (Fsp3) is 0.231. The normalized spacial score (nSPS) is 21.4. The Morgan fingerprint density at radius 3 is 2.65 bits per heavy atom. The highest BCUT2D eigenvalue weighted by atomic mass is 32.2. The second-order valence-corrected chi connectivity index (χ2v) is 7.07. The molecule has 0 bridgehead atoms. The van der Waals surface area contributed by atoms with E-state index in [0.29, 0.717) is 0 Å². The lowest BCUT2D eigenvalue weighted by molar-refractivity contribution is -0.125. The molecule has 1 aliphatic heterocycles. The molecule has 0 N–H and O–H groups in total.